The van der Waals surface area contributed by atoms with Gasteiger partial charge < -0.3 is 12.7 Å². The topological polar surface area (TPSA) is 46.5 Å². The minimum Gasteiger partial charge on any atom is -1.00 e. The van der Waals surface area contributed by atoms with Crippen LogP contribution in [0.5, 0.6) is 0 Å². The minimum atomic E-state index is -1.17. The summed E-state index contributed by atoms with van der Waals surface area (Å²) in [6, 6.07) is 0. The Bertz CT molecular complexity index is 115. The molecule has 0 heterocycles. The first kappa shape index (κ1) is 14.6. The first-order valence-electron chi connectivity index (χ1n) is 4.13. The van der Waals surface area contributed by atoms with Crippen LogP contribution in [0.3, 0.4) is 0 Å². The van der Waals surface area contributed by atoms with E-state index >= 15 is 0 Å². The molecule has 70 valence electrons. The van der Waals surface area contributed by atoms with Crippen LogP contribution in [0.4, 0.5) is 4.79 Å². The molecule has 0 aromatic carbocycles. The molecule has 0 amide bonds. The van der Waals surface area contributed by atoms with Crippen LogP contribution in [0.25, 0.3) is 0 Å². The molecule has 12 heavy (non-hydrogen) atoms. The van der Waals surface area contributed by atoms with Crippen molar-refractivity contribution >= 4 is 29.2 Å². The SMILES string of the molecule is CCCCCCCOC(=O)O.[H-].[H-].[Mg+2]. The number of hydrogen-bond acceptors (Lipinski definition) is 2. The summed E-state index contributed by atoms with van der Waals surface area (Å²) in [7, 11) is 0. The summed E-state index contributed by atoms with van der Waals surface area (Å²) in [5, 5.41) is 8.09. The molecular weight excluding hydrogens is 168 g/mol. The summed E-state index contributed by atoms with van der Waals surface area (Å²) in [5.74, 6) is 0. The number of rotatable bonds is 6. The first-order chi connectivity index (χ1) is 5.27. The van der Waals surface area contributed by atoms with Gasteiger partial charge in [0.15, 0.2) is 0 Å². The van der Waals surface area contributed by atoms with Crippen molar-refractivity contribution in [3.63, 3.8) is 0 Å². The van der Waals surface area contributed by atoms with Crippen molar-refractivity contribution in [3.8, 4) is 0 Å². The van der Waals surface area contributed by atoms with Gasteiger partial charge in [-0.1, -0.05) is 32.6 Å². The van der Waals surface area contributed by atoms with Gasteiger partial charge in [-0.3, -0.25) is 0 Å². The van der Waals surface area contributed by atoms with Crippen LogP contribution in [-0.4, -0.2) is 40.9 Å². The number of carboxylic acid groups (broad SMARTS) is 1. The molecule has 0 saturated heterocycles. The predicted octanol–water partition coefficient (Wildman–Crippen LogP) is 2.50. The van der Waals surface area contributed by atoms with Gasteiger partial charge in [0.2, 0.25) is 0 Å². The Morgan fingerprint density at radius 3 is 2.42 bits per heavy atom. The molecule has 0 rings (SSSR count). The standard InChI is InChI=1S/C8H16O3.Mg.2H/c1-2-3-4-5-6-7-11-8(9)10;;;/h2-7H2,1H3,(H,9,10);;;/q;+2;2*-1. The van der Waals surface area contributed by atoms with Gasteiger partial charge in [0.05, 0.1) is 6.61 Å². The van der Waals surface area contributed by atoms with E-state index in [0.29, 0.717) is 6.61 Å². The van der Waals surface area contributed by atoms with Crippen LogP contribution in [0.15, 0.2) is 0 Å². The van der Waals surface area contributed by atoms with E-state index in [1.165, 1.54) is 19.3 Å². The van der Waals surface area contributed by atoms with Crippen LogP contribution in [0.1, 0.15) is 41.9 Å². The van der Waals surface area contributed by atoms with E-state index in [1.807, 2.05) is 0 Å². The third-order valence-electron chi connectivity index (χ3n) is 1.47. The maximum Gasteiger partial charge on any atom is 2.00 e. The normalized spacial score (nSPS) is 8.75. The van der Waals surface area contributed by atoms with Gasteiger partial charge in [0.1, 0.15) is 0 Å². The zero-order valence-corrected chi connectivity index (χ0v) is 9.13. The zero-order valence-electron chi connectivity index (χ0n) is 9.71. The number of hydrogen-bond donors (Lipinski definition) is 1. The maximum absolute atomic E-state index is 9.87. The summed E-state index contributed by atoms with van der Waals surface area (Å²) in [4.78, 5) is 9.87. The van der Waals surface area contributed by atoms with Crippen LogP contribution < -0.4 is 0 Å². The van der Waals surface area contributed by atoms with E-state index in [-0.39, 0.29) is 25.9 Å². The van der Waals surface area contributed by atoms with Crippen LogP contribution in [-0.2, 0) is 4.74 Å². The Morgan fingerprint density at radius 1 is 1.33 bits per heavy atom. The Hall–Kier alpha value is 0.0362. The first-order valence-corrected chi connectivity index (χ1v) is 4.13. The summed E-state index contributed by atoms with van der Waals surface area (Å²) >= 11 is 0. The summed E-state index contributed by atoms with van der Waals surface area (Å²) in [6.45, 7) is 2.49. The van der Waals surface area contributed by atoms with Gasteiger partial charge in [-0.15, -0.1) is 0 Å². The molecule has 0 fully saturated rings. The largest absolute Gasteiger partial charge is 2.00 e. The van der Waals surface area contributed by atoms with E-state index in [2.05, 4.69) is 11.7 Å². The van der Waals surface area contributed by atoms with Gasteiger partial charge in [-0.2, -0.15) is 0 Å². The van der Waals surface area contributed by atoms with E-state index in [9.17, 15) is 4.79 Å². The zero-order chi connectivity index (χ0) is 8.53. The molecule has 0 unspecified atom stereocenters. The van der Waals surface area contributed by atoms with E-state index in [4.69, 9.17) is 5.11 Å². The molecule has 0 bridgehead atoms. The maximum atomic E-state index is 9.87. The molecular formula is C8H18MgO3. The molecule has 0 aromatic rings. The minimum absolute atomic E-state index is 0. The average molecular weight is 187 g/mol. The summed E-state index contributed by atoms with van der Waals surface area (Å²) in [6.07, 6.45) is 4.38. The molecule has 0 saturated carbocycles. The molecule has 0 aromatic heterocycles. The van der Waals surface area contributed by atoms with Gasteiger partial charge in [0.25, 0.3) is 0 Å². The van der Waals surface area contributed by atoms with Crippen molar-refractivity contribution in [2.75, 3.05) is 6.61 Å². The summed E-state index contributed by atoms with van der Waals surface area (Å²) in [5.41, 5.74) is 0. The van der Waals surface area contributed by atoms with Gasteiger partial charge in [-0.05, 0) is 6.42 Å². The summed E-state index contributed by atoms with van der Waals surface area (Å²) < 4.78 is 4.34. The van der Waals surface area contributed by atoms with E-state index in [1.54, 1.807) is 0 Å². The van der Waals surface area contributed by atoms with E-state index in [0.717, 1.165) is 12.8 Å². The molecule has 0 aliphatic heterocycles. The van der Waals surface area contributed by atoms with Crippen LogP contribution in [0.2, 0.25) is 0 Å². The molecule has 1 N–H and O–H groups in total. The smallest absolute Gasteiger partial charge is 1.00 e. The predicted molar refractivity (Wildman–Crippen MR) is 50.7 cm³/mol. The molecule has 0 spiro atoms. The van der Waals surface area contributed by atoms with Gasteiger partial charge >= 0.3 is 29.2 Å². The second-order valence-electron chi connectivity index (χ2n) is 2.53. The van der Waals surface area contributed by atoms with E-state index < -0.39 is 6.16 Å². The van der Waals surface area contributed by atoms with Crippen molar-refractivity contribution in [1.82, 2.24) is 0 Å². The molecule has 0 aliphatic carbocycles. The number of carbonyl (C=O) groups is 1. The van der Waals surface area contributed by atoms with Gasteiger partial charge in [0, 0.05) is 0 Å². The monoisotopic (exact) mass is 186 g/mol. The average Bonchev–Trinajstić information content (AvgIpc) is 1.96. The Morgan fingerprint density at radius 2 is 1.92 bits per heavy atom. The van der Waals surface area contributed by atoms with Crippen molar-refractivity contribution in [3.05, 3.63) is 0 Å². The molecule has 0 aliphatic rings. The number of unbranched alkanes of at least 4 members (excludes halogenated alkanes) is 4. The third-order valence-corrected chi connectivity index (χ3v) is 1.47. The Balaban J connectivity index is -0.000000167. The number of ether oxygens (including phenoxy) is 1. The second kappa shape index (κ2) is 11.0. The molecule has 0 radical (unpaired) electrons. The van der Waals surface area contributed by atoms with Crippen LogP contribution in [0, 0.1) is 0 Å². The Kier molecular flexibility index (Phi) is 13.4. The van der Waals surface area contributed by atoms with Gasteiger partial charge in [-0.25, -0.2) is 4.79 Å². The quantitative estimate of drug-likeness (QED) is 0.394. The molecule has 3 nitrogen and oxygen atoms in total. The fraction of sp³-hybridized carbons (Fsp3) is 0.875. The van der Waals surface area contributed by atoms with Crippen molar-refractivity contribution < 1.29 is 17.5 Å². The molecule has 0 atom stereocenters. The molecule has 4 heteroatoms. The van der Waals surface area contributed by atoms with Crippen molar-refractivity contribution in [1.29, 1.82) is 0 Å². The Labute approximate surface area is 92.6 Å². The third kappa shape index (κ3) is 12.7. The van der Waals surface area contributed by atoms with Crippen LogP contribution >= 0.6 is 0 Å². The van der Waals surface area contributed by atoms with Crippen molar-refractivity contribution in [2.24, 2.45) is 0 Å². The fourth-order valence-electron chi connectivity index (χ4n) is 0.865. The fourth-order valence-corrected chi connectivity index (χ4v) is 0.865. The second-order valence-corrected chi connectivity index (χ2v) is 2.53. The van der Waals surface area contributed by atoms with Crippen molar-refractivity contribution in [2.45, 2.75) is 39.0 Å².